The Hall–Kier alpha value is -3.87. The van der Waals surface area contributed by atoms with E-state index < -0.39 is 11.1 Å². The molecule has 178 valence electrons. The molecule has 1 fully saturated rings. The monoisotopic (exact) mass is 513 g/mol. The molecule has 2 amide bonds. The van der Waals surface area contributed by atoms with Crippen molar-refractivity contribution in [3.05, 3.63) is 118 Å². The summed E-state index contributed by atoms with van der Waals surface area (Å²) in [7, 11) is 0. The van der Waals surface area contributed by atoms with Gasteiger partial charge in [-0.1, -0.05) is 72.3 Å². The van der Waals surface area contributed by atoms with Crippen LogP contribution in [0.4, 0.5) is 4.79 Å². The van der Waals surface area contributed by atoms with E-state index in [-0.39, 0.29) is 17.2 Å². The lowest BCUT2D eigenvalue weighted by molar-refractivity contribution is -0.122. The Morgan fingerprint density at radius 3 is 2.39 bits per heavy atom. The summed E-state index contributed by atoms with van der Waals surface area (Å²) >= 11 is 6.71. The fourth-order valence-electron chi connectivity index (χ4n) is 3.92. The van der Waals surface area contributed by atoms with E-state index in [1.807, 2.05) is 66.7 Å². The molecule has 5 nitrogen and oxygen atoms in total. The third-order valence-corrected chi connectivity index (χ3v) is 6.94. The van der Waals surface area contributed by atoms with Crippen molar-refractivity contribution in [2.24, 2.45) is 0 Å². The van der Waals surface area contributed by atoms with E-state index in [0.717, 1.165) is 33.0 Å². The molecule has 1 aliphatic heterocycles. The molecule has 0 aliphatic carbocycles. The number of thioether (sulfide) groups is 1. The average molecular weight is 514 g/mol. The van der Waals surface area contributed by atoms with Gasteiger partial charge in [-0.3, -0.25) is 19.3 Å². The van der Waals surface area contributed by atoms with Gasteiger partial charge in [-0.25, -0.2) is 0 Å². The van der Waals surface area contributed by atoms with Crippen LogP contribution in [0.2, 0.25) is 5.02 Å². The fourth-order valence-corrected chi connectivity index (χ4v) is 4.87. The Morgan fingerprint density at radius 2 is 1.61 bits per heavy atom. The lowest BCUT2D eigenvalue weighted by Gasteiger charge is -2.13. The number of ether oxygens (including phenoxy) is 1. The molecule has 0 aromatic heterocycles. The third kappa shape index (κ3) is 5.05. The molecule has 1 saturated heterocycles. The zero-order valence-electron chi connectivity index (χ0n) is 19.0. The maximum atomic E-state index is 13.2. The van der Waals surface area contributed by atoms with Gasteiger partial charge < -0.3 is 4.74 Å². The molecule has 1 aliphatic rings. The number of carbonyl (C=O) groups excluding carboxylic acids is 3. The molecule has 7 heteroatoms. The van der Waals surface area contributed by atoms with Crippen LogP contribution in [0, 0.1) is 0 Å². The van der Waals surface area contributed by atoms with Crippen molar-refractivity contribution in [2.75, 3.05) is 6.54 Å². The maximum absolute atomic E-state index is 13.2. The Kier molecular flexibility index (Phi) is 6.89. The first-order valence-corrected chi connectivity index (χ1v) is 12.4. The number of halogens is 1. The molecule has 36 heavy (non-hydrogen) atoms. The van der Waals surface area contributed by atoms with Crippen LogP contribution in [0.25, 0.3) is 16.8 Å². The van der Waals surface area contributed by atoms with Crippen LogP contribution in [-0.4, -0.2) is 28.4 Å². The molecular weight excluding hydrogens is 494 g/mol. The van der Waals surface area contributed by atoms with E-state index in [0.29, 0.717) is 28.5 Å². The number of carbonyl (C=O) groups is 3. The molecule has 0 bridgehead atoms. The normalized spacial score (nSPS) is 14.6. The molecule has 4 aromatic rings. The van der Waals surface area contributed by atoms with Gasteiger partial charge in [-0.05, 0) is 64.5 Å². The molecule has 0 unspecified atom stereocenters. The zero-order chi connectivity index (χ0) is 25.1. The standard InChI is InChI=1S/C29H20ClNO4S/c30-22-13-10-21(11-14-22)25(32)17-31-28(33)27(36-29(31)34)16-24-23-9-5-4-8-20(23)12-15-26(24)35-18-19-6-2-1-3-7-19/h1-16H,17-18H2/b27-16+. The van der Waals surface area contributed by atoms with Gasteiger partial charge in [-0.2, -0.15) is 0 Å². The minimum absolute atomic E-state index is 0.241. The summed E-state index contributed by atoms with van der Waals surface area (Å²) in [5.41, 5.74) is 2.10. The Morgan fingerprint density at radius 1 is 0.889 bits per heavy atom. The topological polar surface area (TPSA) is 63.7 Å². The van der Waals surface area contributed by atoms with Crippen molar-refractivity contribution in [3.63, 3.8) is 0 Å². The van der Waals surface area contributed by atoms with Gasteiger partial charge >= 0.3 is 0 Å². The number of fused-ring (bicyclic) bond motifs is 1. The van der Waals surface area contributed by atoms with Crippen molar-refractivity contribution < 1.29 is 19.1 Å². The summed E-state index contributed by atoms with van der Waals surface area (Å²) in [6.07, 6.45) is 1.68. The first-order valence-electron chi connectivity index (χ1n) is 11.2. The molecule has 0 spiro atoms. The summed E-state index contributed by atoms with van der Waals surface area (Å²) in [6.45, 7) is 0.0215. The Labute approximate surface area is 217 Å². The lowest BCUT2D eigenvalue weighted by atomic mass is 10.0. The minimum Gasteiger partial charge on any atom is -0.488 e. The molecular formula is C29H20ClNO4S. The van der Waals surface area contributed by atoms with Crippen LogP contribution in [0.15, 0.2) is 95.9 Å². The van der Waals surface area contributed by atoms with Crippen molar-refractivity contribution in [1.29, 1.82) is 0 Å². The van der Waals surface area contributed by atoms with Gasteiger partial charge in [-0.15, -0.1) is 0 Å². The Bertz CT molecular complexity index is 1500. The predicted molar refractivity (Wildman–Crippen MR) is 143 cm³/mol. The summed E-state index contributed by atoms with van der Waals surface area (Å²) in [5, 5.41) is 1.89. The number of hydrogen-bond acceptors (Lipinski definition) is 5. The summed E-state index contributed by atoms with van der Waals surface area (Å²) in [4.78, 5) is 39.8. The van der Waals surface area contributed by atoms with Gasteiger partial charge in [0.1, 0.15) is 12.4 Å². The van der Waals surface area contributed by atoms with E-state index in [4.69, 9.17) is 16.3 Å². The first kappa shape index (κ1) is 23.9. The summed E-state index contributed by atoms with van der Waals surface area (Å²) in [5.74, 6) is -0.247. The lowest BCUT2D eigenvalue weighted by Crippen LogP contribution is -2.33. The molecule has 0 radical (unpaired) electrons. The minimum atomic E-state index is -0.505. The molecule has 0 saturated carbocycles. The van der Waals surface area contributed by atoms with Crippen LogP contribution in [-0.2, 0) is 11.4 Å². The largest absolute Gasteiger partial charge is 0.488 e. The van der Waals surface area contributed by atoms with Gasteiger partial charge in [0.15, 0.2) is 5.78 Å². The highest BCUT2D eigenvalue weighted by Gasteiger charge is 2.36. The maximum Gasteiger partial charge on any atom is 0.293 e. The number of hydrogen-bond donors (Lipinski definition) is 0. The van der Waals surface area contributed by atoms with Crippen LogP contribution in [0.1, 0.15) is 21.5 Å². The van der Waals surface area contributed by atoms with E-state index in [1.165, 1.54) is 0 Å². The third-order valence-electron chi connectivity index (χ3n) is 5.78. The quantitative estimate of drug-likeness (QED) is 0.197. The van der Waals surface area contributed by atoms with E-state index in [2.05, 4.69) is 0 Å². The van der Waals surface area contributed by atoms with Gasteiger partial charge in [0.25, 0.3) is 11.1 Å². The van der Waals surface area contributed by atoms with Crippen molar-refractivity contribution in [1.82, 2.24) is 4.90 Å². The second-order valence-electron chi connectivity index (χ2n) is 8.17. The van der Waals surface area contributed by atoms with Crippen LogP contribution >= 0.6 is 23.4 Å². The summed E-state index contributed by atoms with van der Waals surface area (Å²) < 4.78 is 6.13. The number of imide groups is 1. The molecule has 4 aromatic carbocycles. The molecule has 5 rings (SSSR count). The van der Waals surface area contributed by atoms with E-state index >= 15 is 0 Å². The SMILES string of the molecule is O=C(CN1C(=O)S/C(=C/c2c(OCc3ccccc3)ccc3ccccc23)C1=O)c1ccc(Cl)cc1. The number of benzene rings is 4. The van der Waals surface area contributed by atoms with Crippen LogP contribution in [0.3, 0.4) is 0 Å². The highest BCUT2D eigenvalue weighted by atomic mass is 35.5. The van der Waals surface area contributed by atoms with Crippen LogP contribution < -0.4 is 4.74 Å². The van der Waals surface area contributed by atoms with Gasteiger partial charge in [0.05, 0.1) is 11.4 Å². The Balaban J connectivity index is 1.44. The number of ketones is 1. The van der Waals surface area contributed by atoms with E-state index in [1.54, 1.807) is 30.3 Å². The fraction of sp³-hybridized carbons (Fsp3) is 0.0690. The van der Waals surface area contributed by atoms with Crippen molar-refractivity contribution in [3.8, 4) is 5.75 Å². The second-order valence-corrected chi connectivity index (χ2v) is 9.60. The molecule has 0 atom stereocenters. The number of rotatable bonds is 7. The zero-order valence-corrected chi connectivity index (χ0v) is 20.6. The highest BCUT2D eigenvalue weighted by Crippen LogP contribution is 2.37. The number of Topliss-reactive ketones (excluding diaryl/α,β-unsaturated/α-hetero) is 1. The highest BCUT2D eigenvalue weighted by molar-refractivity contribution is 8.18. The first-order chi connectivity index (χ1) is 17.5. The second kappa shape index (κ2) is 10.4. The van der Waals surface area contributed by atoms with Crippen molar-refractivity contribution >= 4 is 57.1 Å². The van der Waals surface area contributed by atoms with Crippen molar-refractivity contribution in [2.45, 2.75) is 6.61 Å². The van der Waals surface area contributed by atoms with E-state index in [9.17, 15) is 14.4 Å². The van der Waals surface area contributed by atoms with Gasteiger partial charge in [0, 0.05) is 16.1 Å². The molecule has 0 N–H and O–H groups in total. The summed E-state index contributed by atoms with van der Waals surface area (Å²) in [6, 6.07) is 27.7. The number of amides is 2. The van der Waals surface area contributed by atoms with Gasteiger partial charge in [0.2, 0.25) is 0 Å². The smallest absolute Gasteiger partial charge is 0.293 e. The molecule has 1 heterocycles. The number of nitrogens with zero attached hydrogens (tertiary/aromatic N) is 1. The predicted octanol–water partition coefficient (Wildman–Crippen LogP) is 6.99. The van der Waals surface area contributed by atoms with Crippen LogP contribution in [0.5, 0.6) is 5.75 Å². The average Bonchev–Trinajstić information content (AvgIpc) is 3.16.